The van der Waals surface area contributed by atoms with Crippen LogP contribution in [0.2, 0.25) is 0 Å². The van der Waals surface area contributed by atoms with Crippen molar-refractivity contribution < 1.29 is 4.79 Å². The van der Waals surface area contributed by atoms with Crippen LogP contribution in [0.4, 0.5) is 0 Å². The van der Waals surface area contributed by atoms with Crippen molar-refractivity contribution in [3.63, 3.8) is 0 Å². The number of hydrogen-bond acceptors (Lipinski definition) is 4. The fraction of sp³-hybridized carbons (Fsp3) is 0.417. The molecule has 2 N–H and O–H groups in total. The molecule has 88 valence electrons. The summed E-state index contributed by atoms with van der Waals surface area (Å²) >= 11 is 0. The second kappa shape index (κ2) is 5.41. The highest BCUT2D eigenvalue weighted by Crippen LogP contribution is 2.07. The van der Waals surface area contributed by atoms with Crippen LogP contribution in [0, 0.1) is 11.8 Å². The van der Waals surface area contributed by atoms with E-state index in [1.807, 2.05) is 0 Å². The van der Waals surface area contributed by atoms with E-state index in [-0.39, 0.29) is 5.91 Å². The van der Waals surface area contributed by atoms with Crippen LogP contribution < -0.4 is 5.73 Å². The van der Waals surface area contributed by atoms with Crippen LogP contribution in [0.25, 0.3) is 0 Å². The lowest BCUT2D eigenvalue weighted by molar-refractivity contribution is -0.127. The van der Waals surface area contributed by atoms with Crippen molar-refractivity contribution in [2.24, 2.45) is 5.73 Å². The SMILES string of the molecule is NCc1ncc(C#CCN2CCCC2=O)cn1. The first-order chi connectivity index (χ1) is 8.29. The zero-order valence-corrected chi connectivity index (χ0v) is 9.52. The predicted octanol–water partition coefficient (Wildman–Crippen LogP) is -0.0908. The first-order valence-corrected chi connectivity index (χ1v) is 5.57. The molecule has 5 heteroatoms. The maximum absolute atomic E-state index is 11.3. The molecule has 2 rings (SSSR count). The third kappa shape index (κ3) is 3.02. The number of carbonyl (C=O) groups excluding carboxylic acids is 1. The molecule has 0 unspecified atom stereocenters. The van der Waals surface area contributed by atoms with Crippen molar-refractivity contribution in [1.82, 2.24) is 14.9 Å². The van der Waals surface area contributed by atoms with E-state index in [0.29, 0.717) is 25.3 Å². The van der Waals surface area contributed by atoms with E-state index >= 15 is 0 Å². The number of amides is 1. The zero-order valence-electron chi connectivity index (χ0n) is 9.52. The van der Waals surface area contributed by atoms with Crippen LogP contribution >= 0.6 is 0 Å². The quantitative estimate of drug-likeness (QED) is 0.721. The van der Waals surface area contributed by atoms with Gasteiger partial charge in [-0.1, -0.05) is 11.8 Å². The van der Waals surface area contributed by atoms with Gasteiger partial charge in [0.1, 0.15) is 5.82 Å². The average Bonchev–Trinajstić information content (AvgIpc) is 2.76. The third-order valence-corrected chi connectivity index (χ3v) is 2.56. The van der Waals surface area contributed by atoms with Crippen LogP contribution in [0.3, 0.4) is 0 Å². The second-order valence-corrected chi connectivity index (χ2v) is 3.81. The number of likely N-dealkylation sites (tertiary alicyclic amines) is 1. The first-order valence-electron chi connectivity index (χ1n) is 5.57. The van der Waals surface area contributed by atoms with Gasteiger partial charge in [0.15, 0.2) is 0 Å². The molecule has 0 saturated carbocycles. The van der Waals surface area contributed by atoms with Gasteiger partial charge in [-0.2, -0.15) is 0 Å². The molecule has 1 aromatic rings. The summed E-state index contributed by atoms with van der Waals surface area (Å²) in [5.74, 6) is 6.68. The van der Waals surface area contributed by atoms with Crippen LogP contribution in [0.1, 0.15) is 24.2 Å². The molecule has 0 aliphatic carbocycles. The topological polar surface area (TPSA) is 72.1 Å². The largest absolute Gasteiger partial charge is 0.332 e. The minimum Gasteiger partial charge on any atom is -0.332 e. The Labute approximate surface area is 100 Å². The van der Waals surface area contributed by atoms with Crippen molar-refractivity contribution in [1.29, 1.82) is 0 Å². The van der Waals surface area contributed by atoms with Gasteiger partial charge in [-0.15, -0.1) is 0 Å². The van der Waals surface area contributed by atoms with Gasteiger partial charge in [-0.3, -0.25) is 4.79 Å². The fourth-order valence-corrected chi connectivity index (χ4v) is 1.63. The highest BCUT2D eigenvalue weighted by Gasteiger charge is 2.18. The molecule has 1 aliphatic rings. The van der Waals surface area contributed by atoms with Gasteiger partial charge in [0.25, 0.3) is 0 Å². The zero-order chi connectivity index (χ0) is 12.1. The number of nitrogens with two attached hydrogens (primary N) is 1. The maximum atomic E-state index is 11.3. The van der Waals surface area contributed by atoms with Gasteiger partial charge in [0, 0.05) is 25.4 Å². The summed E-state index contributed by atoms with van der Waals surface area (Å²) in [6.07, 6.45) is 4.88. The molecule has 17 heavy (non-hydrogen) atoms. The van der Waals surface area contributed by atoms with E-state index in [1.165, 1.54) is 0 Å². The van der Waals surface area contributed by atoms with Crippen molar-refractivity contribution in [2.75, 3.05) is 13.1 Å². The molecular weight excluding hydrogens is 216 g/mol. The molecule has 1 saturated heterocycles. The number of carbonyl (C=O) groups is 1. The van der Waals surface area contributed by atoms with E-state index < -0.39 is 0 Å². The summed E-state index contributed by atoms with van der Waals surface area (Å²) in [5, 5.41) is 0. The van der Waals surface area contributed by atoms with Gasteiger partial charge in [-0.25, -0.2) is 9.97 Å². The summed E-state index contributed by atoms with van der Waals surface area (Å²) in [6.45, 7) is 1.63. The summed E-state index contributed by atoms with van der Waals surface area (Å²) in [7, 11) is 0. The van der Waals surface area contributed by atoms with Crippen LogP contribution in [-0.4, -0.2) is 33.9 Å². The van der Waals surface area contributed by atoms with Gasteiger partial charge < -0.3 is 10.6 Å². The fourth-order valence-electron chi connectivity index (χ4n) is 1.63. The first kappa shape index (κ1) is 11.6. The Bertz CT molecular complexity index is 458. The standard InChI is InChI=1S/C12H14N4O/c13-7-11-14-8-10(9-15-11)3-1-5-16-6-2-4-12(16)17/h8-9H,2,4-7,13H2. The number of rotatable bonds is 2. The van der Waals surface area contributed by atoms with Crippen molar-refractivity contribution in [3.05, 3.63) is 23.8 Å². The minimum absolute atomic E-state index is 0.189. The van der Waals surface area contributed by atoms with Gasteiger partial charge in [0.05, 0.1) is 18.7 Å². The van der Waals surface area contributed by atoms with Gasteiger partial charge >= 0.3 is 0 Å². The smallest absolute Gasteiger partial charge is 0.223 e. The minimum atomic E-state index is 0.189. The number of nitrogens with zero attached hydrogens (tertiary/aromatic N) is 3. The Hall–Kier alpha value is -1.93. The third-order valence-electron chi connectivity index (χ3n) is 2.56. The van der Waals surface area contributed by atoms with E-state index in [2.05, 4.69) is 21.8 Å². The van der Waals surface area contributed by atoms with Gasteiger partial charge in [0.2, 0.25) is 5.91 Å². The molecule has 0 aromatic carbocycles. The number of aromatic nitrogens is 2. The summed E-state index contributed by atoms with van der Waals surface area (Å²) in [5.41, 5.74) is 6.14. The highest BCUT2D eigenvalue weighted by molar-refractivity contribution is 5.78. The lowest BCUT2D eigenvalue weighted by atomic mass is 10.3. The molecule has 1 fully saturated rings. The van der Waals surface area contributed by atoms with Crippen LogP contribution in [0.5, 0.6) is 0 Å². The van der Waals surface area contributed by atoms with E-state index in [4.69, 9.17) is 5.73 Å². The maximum Gasteiger partial charge on any atom is 0.223 e. The van der Waals surface area contributed by atoms with Crippen molar-refractivity contribution >= 4 is 5.91 Å². The van der Waals surface area contributed by atoms with E-state index in [9.17, 15) is 4.79 Å². The van der Waals surface area contributed by atoms with Gasteiger partial charge in [-0.05, 0) is 6.42 Å². The Morgan fingerprint density at radius 2 is 2.18 bits per heavy atom. The second-order valence-electron chi connectivity index (χ2n) is 3.81. The molecule has 1 aliphatic heterocycles. The predicted molar refractivity (Wildman–Crippen MR) is 62.6 cm³/mol. The number of hydrogen-bond donors (Lipinski definition) is 1. The molecule has 5 nitrogen and oxygen atoms in total. The molecular formula is C12H14N4O. The molecule has 0 bridgehead atoms. The molecule has 1 aromatic heterocycles. The Morgan fingerprint density at radius 3 is 2.76 bits per heavy atom. The Kier molecular flexibility index (Phi) is 3.68. The van der Waals surface area contributed by atoms with Crippen LogP contribution in [0.15, 0.2) is 12.4 Å². The lowest BCUT2D eigenvalue weighted by Crippen LogP contribution is -2.24. The van der Waals surface area contributed by atoms with E-state index in [0.717, 1.165) is 18.5 Å². The molecule has 0 atom stereocenters. The van der Waals surface area contributed by atoms with E-state index in [1.54, 1.807) is 17.3 Å². The lowest BCUT2D eigenvalue weighted by Gasteiger charge is -2.09. The Balaban J connectivity index is 1.93. The summed E-state index contributed by atoms with van der Waals surface area (Å²) in [4.78, 5) is 21.2. The monoisotopic (exact) mass is 230 g/mol. The summed E-state index contributed by atoms with van der Waals surface area (Å²) < 4.78 is 0. The average molecular weight is 230 g/mol. The van der Waals surface area contributed by atoms with Crippen molar-refractivity contribution in [3.8, 4) is 11.8 Å². The van der Waals surface area contributed by atoms with Crippen molar-refractivity contribution in [2.45, 2.75) is 19.4 Å². The molecule has 2 heterocycles. The highest BCUT2D eigenvalue weighted by atomic mass is 16.2. The summed E-state index contributed by atoms with van der Waals surface area (Å²) in [6, 6.07) is 0. The van der Waals surface area contributed by atoms with Crippen LogP contribution in [-0.2, 0) is 11.3 Å². The molecule has 1 amide bonds. The molecule has 0 spiro atoms. The molecule has 0 radical (unpaired) electrons. The Morgan fingerprint density at radius 1 is 1.41 bits per heavy atom. The normalized spacial score (nSPS) is 14.6.